The number of ether oxygens (including phenoxy) is 5. The highest BCUT2D eigenvalue weighted by atomic mass is 16.7. The van der Waals surface area contributed by atoms with Gasteiger partial charge in [0.1, 0.15) is 85.6 Å². The summed E-state index contributed by atoms with van der Waals surface area (Å²) in [4.78, 5) is 1.87. The Hall–Kier alpha value is -1.02. The van der Waals surface area contributed by atoms with E-state index in [0.29, 0.717) is 13.1 Å². The van der Waals surface area contributed by atoms with Crippen molar-refractivity contribution in [3.05, 3.63) is 11.6 Å². The zero-order valence-corrected chi connectivity index (χ0v) is 27.1. The number of nitrogens with zero attached hydrogens (tertiary/aromatic N) is 1. The van der Waals surface area contributed by atoms with E-state index in [2.05, 4.69) is 5.32 Å². The van der Waals surface area contributed by atoms with E-state index in [1.54, 1.807) is 0 Å². The average molecular weight is 713 g/mol. The zero-order valence-electron chi connectivity index (χ0n) is 27.1. The molecule has 5 aliphatic rings. The summed E-state index contributed by atoms with van der Waals surface area (Å²) in [6, 6.07) is -2.14. The Morgan fingerprint density at radius 3 is 1.82 bits per heavy atom. The van der Waals surface area contributed by atoms with Crippen LogP contribution in [-0.2, 0) is 23.7 Å². The quantitative estimate of drug-likeness (QED) is 0.0936. The molecule has 19 atom stereocenters. The molecule has 0 saturated carbocycles. The summed E-state index contributed by atoms with van der Waals surface area (Å²) in [5, 5.41) is 129. The molecule has 0 spiro atoms. The molecular weight excluding hydrogens is 660 g/mol. The van der Waals surface area contributed by atoms with Crippen molar-refractivity contribution in [1.29, 1.82) is 0 Å². The maximum atomic E-state index is 11.1. The molecule has 5 rings (SSSR count). The first-order chi connectivity index (χ1) is 23.3. The molecule has 4 saturated heterocycles. The van der Waals surface area contributed by atoms with E-state index in [1.165, 1.54) is 13.0 Å². The van der Waals surface area contributed by atoms with Crippen LogP contribution in [0, 0.1) is 0 Å². The number of nitrogens with one attached hydrogen (secondary N) is 1. The number of piperidine rings is 1. The molecule has 4 fully saturated rings. The molecular formula is C30H52N2O17. The van der Waals surface area contributed by atoms with E-state index in [4.69, 9.17) is 23.7 Å². The Balaban J connectivity index is 1.22. The molecule has 0 aromatic carbocycles. The van der Waals surface area contributed by atoms with E-state index in [1.807, 2.05) is 4.90 Å². The third-order valence-electron chi connectivity index (χ3n) is 10.2. The molecule has 284 valence electrons. The molecule has 4 aliphatic heterocycles. The van der Waals surface area contributed by atoms with Gasteiger partial charge < -0.3 is 90.3 Å². The monoisotopic (exact) mass is 712 g/mol. The first-order valence-corrected chi connectivity index (χ1v) is 16.8. The van der Waals surface area contributed by atoms with Crippen LogP contribution in [0.2, 0.25) is 0 Å². The molecule has 13 N–H and O–H groups in total. The topological polar surface area (TPSA) is 304 Å². The van der Waals surface area contributed by atoms with E-state index >= 15 is 0 Å². The van der Waals surface area contributed by atoms with Gasteiger partial charge in [0.25, 0.3) is 0 Å². The lowest BCUT2D eigenvalue weighted by Crippen LogP contribution is -2.69. The molecule has 0 amide bonds. The SMILES string of the molecule is CC1OC(OC2C(CO)OC(OC3C(CO)OC(N4CCCCC4)C(O)C3O)C(O)C2O)C(O)C(O)C1NC1C=C(CO)C(O)C(O)C1O. The fourth-order valence-corrected chi connectivity index (χ4v) is 7.29. The van der Waals surface area contributed by atoms with Crippen molar-refractivity contribution in [2.75, 3.05) is 32.9 Å². The second-order valence-electron chi connectivity index (χ2n) is 13.5. The second-order valence-corrected chi connectivity index (χ2v) is 13.5. The normalized spacial score (nSPS) is 50.2. The van der Waals surface area contributed by atoms with Gasteiger partial charge in [-0.05, 0) is 25.3 Å². The summed E-state index contributed by atoms with van der Waals surface area (Å²) in [5.41, 5.74) is 0.0355. The lowest BCUT2D eigenvalue weighted by atomic mass is 9.86. The van der Waals surface area contributed by atoms with Gasteiger partial charge in [0.05, 0.1) is 38.0 Å². The van der Waals surface area contributed by atoms with Crippen molar-refractivity contribution < 1.29 is 85.0 Å². The molecule has 19 nitrogen and oxygen atoms in total. The van der Waals surface area contributed by atoms with Crippen molar-refractivity contribution in [1.82, 2.24) is 10.2 Å². The van der Waals surface area contributed by atoms with Gasteiger partial charge in [-0.1, -0.05) is 12.5 Å². The van der Waals surface area contributed by atoms with Gasteiger partial charge in [-0.15, -0.1) is 0 Å². The highest BCUT2D eigenvalue weighted by Crippen LogP contribution is 2.34. The van der Waals surface area contributed by atoms with Crippen molar-refractivity contribution >= 4 is 0 Å². The maximum Gasteiger partial charge on any atom is 0.187 e. The molecule has 0 aromatic heterocycles. The van der Waals surface area contributed by atoms with Gasteiger partial charge in [-0.25, -0.2) is 0 Å². The van der Waals surface area contributed by atoms with Gasteiger partial charge in [0, 0.05) is 13.1 Å². The maximum absolute atomic E-state index is 11.1. The van der Waals surface area contributed by atoms with Crippen LogP contribution in [0.1, 0.15) is 26.2 Å². The van der Waals surface area contributed by atoms with Crippen LogP contribution in [-0.4, -0.2) is 215 Å². The highest BCUT2D eigenvalue weighted by Gasteiger charge is 2.54. The number of aliphatic hydroxyl groups is 12. The fourth-order valence-electron chi connectivity index (χ4n) is 7.29. The van der Waals surface area contributed by atoms with Gasteiger partial charge in [0.2, 0.25) is 0 Å². The Morgan fingerprint density at radius 1 is 0.673 bits per heavy atom. The molecule has 0 radical (unpaired) electrons. The van der Waals surface area contributed by atoms with Crippen LogP contribution in [0.4, 0.5) is 0 Å². The predicted octanol–water partition coefficient (Wildman–Crippen LogP) is -7.07. The van der Waals surface area contributed by atoms with Crippen LogP contribution in [0.3, 0.4) is 0 Å². The van der Waals surface area contributed by atoms with Crippen LogP contribution < -0.4 is 5.32 Å². The van der Waals surface area contributed by atoms with Crippen LogP contribution in [0.5, 0.6) is 0 Å². The van der Waals surface area contributed by atoms with Gasteiger partial charge in [0.15, 0.2) is 12.6 Å². The minimum Gasteiger partial charge on any atom is -0.394 e. The van der Waals surface area contributed by atoms with Gasteiger partial charge in [-0.3, -0.25) is 4.90 Å². The smallest absolute Gasteiger partial charge is 0.187 e. The fraction of sp³-hybridized carbons (Fsp3) is 0.933. The van der Waals surface area contributed by atoms with Gasteiger partial charge in [-0.2, -0.15) is 0 Å². The first-order valence-electron chi connectivity index (χ1n) is 16.8. The number of likely N-dealkylation sites (tertiary alicyclic amines) is 1. The standard InChI is InChI=1S/C30H52N2O17/c1-11-16(31-13-7-12(8-33)17(36)20(39)18(13)37)19(38)24(43)29(45-11)48-27-15(10-35)47-30(25(44)22(27)41)49-26-14(9-34)46-28(23(42)21(26)40)32-5-3-2-4-6-32/h7,11,13-31,33-44H,2-6,8-10H2,1H3. The minimum atomic E-state index is -1.88. The Bertz CT molecular complexity index is 1080. The number of hydrogen-bond acceptors (Lipinski definition) is 19. The Morgan fingerprint density at radius 2 is 1.22 bits per heavy atom. The average Bonchev–Trinajstić information content (AvgIpc) is 3.10. The Labute approximate surface area is 282 Å². The molecule has 49 heavy (non-hydrogen) atoms. The van der Waals surface area contributed by atoms with E-state index < -0.39 is 136 Å². The van der Waals surface area contributed by atoms with Gasteiger partial charge >= 0.3 is 0 Å². The first kappa shape index (κ1) is 39.2. The molecule has 1 aliphatic carbocycles. The number of aliphatic hydroxyl groups excluding tert-OH is 12. The van der Waals surface area contributed by atoms with Crippen LogP contribution in [0.15, 0.2) is 11.6 Å². The number of rotatable bonds is 10. The third-order valence-corrected chi connectivity index (χ3v) is 10.2. The van der Waals surface area contributed by atoms with Crippen LogP contribution >= 0.6 is 0 Å². The van der Waals surface area contributed by atoms with E-state index in [0.717, 1.165) is 19.3 Å². The van der Waals surface area contributed by atoms with Crippen molar-refractivity contribution in [2.45, 2.75) is 143 Å². The highest BCUT2D eigenvalue weighted by molar-refractivity contribution is 5.22. The van der Waals surface area contributed by atoms with Crippen LogP contribution in [0.25, 0.3) is 0 Å². The molecule has 4 heterocycles. The Kier molecular flexibility index (Phi) is 13.4. The second kappa shape index (κ2) is 16.8. The molecule has 19 heteroatoms. The van der Waals surface area contributed by atoms with Crippen molar-refractivity contribution in [2.24, 2.45) is 0 Å². The van der Waals surface area contributed by atoms with E-state index in [-0.39, 0.29) is 5.57 Å². The summed E-state index contributed by atoms with van der Waals surface area (Å²) in [6.07, 6.45) is -21.5. The summed E-state index contributed by atoms with van der Waals surface area (Å²) in [7, 11) is 0. The summed E-state index contributed by atoms with van der Waals surface area (Å²) in [5.74, 6) is 0. The lowest BCUT2D eigenvalue weighted by molar-refractivity contribution is -0.371. The summed E-state index contributed by atoms with van der Waals surface area (Å²) < 4.78 is 28.9. The zero-order chi connectivity index (χ0) is 35.7. The molecule has 0 bridgehead atoms. The van der Waals surface area contributed by atoms with Crippen molar-refractivity contribution in [3.63, 3.8) is 0 Å². The largest absolute Gasteiger partial charge is 0.394 e. The lowest BCUT2D eigenvalue weighted by Gasteiger charge is -2.50. The minimum absolute atomic E-state index is 0.0355. The molecule has 0 aromatic rings. The summed E-state index contributed by atoms with van der Waals surface area (Å²) in [6.45, 7) is 0.738. The third kappa shape index (κ3) is 8.00. The predicted molar refractivity (Wildman–Crippen MR) is 161 cm³/mol. The molecule has 19 unspecified atom stereocenters. The van der Waals surface area contributed by atoms with Crippen molar-refractivity contribution in [3.8, 4) is 0 Å². The number of hydrogen-bond donors (Lipinski definition) is 13. The summed E-state index contributed by atoms with van der Waals surface area (Å²) >= 11 is 0. The van der Waals surface area contributed by atoms with E-state index in [9.17, 15) is 61.3 Å².